The molecule has 6 heterocycles. The van der Waals surface area contributed by atoms with Crippen molar-refractivity contribution < 1.29 is 80.8 Å². The van der Waals surface area contributed by atoms with E-state index in [0.29, 0.717) is 73.4 Å². The SMILES string of the molecule is CCO.[Cu+2].[Cu+2].[O-]c1cccc(CN(Cc2cccc([O-])n2)Cc2cccc(O)n2)n1.[O-]c1cccc(CN(Cc2cccc([O-])n2)Cc2cccc(O)n2)n1.[OH3+].[OH3+]. The van der Waals surface area contributed by atoms with Crippen LogP contribution in [0.15, 0.2) is 109 Å². The normalized spacial score (nSPS) is 9.89. The van der Waals surface area contributed by atoms with Crippen molar-refractivity contribution in [3.05, 3.63) is 143 Å². The number of pyridine rings is 6. The largest absolute Gasteiger partial charge is 2.00 e. The quantitative estimate of drug-likeness (QED) is 0.108. The molecule has 6 rings (SSSR count). The summed E-state index contributed by atoms with van der Waals surface area (Å²) in [6.45, 7) is 4.29. The van der Waals surface area contributed by atoms with Crippen molar-refractivity contribution >= 4 is 0 Å². The second-order valence-electron chi connectivity index (χ2n) is 11.4. The van der Waals surface area contributed by atoms with E-state index in [9.17, 15) is 30.6 Å². The molecular formula is C38H44Cu2N8O9+2. The summed E-state index contributed by atoms with van der Waals surface area (Å²) in [5.41, 5.74) is 3.79. The van der Waals surface area contributed by atoms with E-state index in [-0.39, 0.29) is 87.0 Å². The van der Waals surface area contributed by atoms with Gasteiger partial charge >= 0.3 is 34.1 Å². The molecule has 0 aliphatic heterocycles. The first-order chi connectivity index (χ1) is 25.6. The summed E-state index contributed by atoms with van der Waals surface area (Å²) in [4.78, 5) is 28.0. The Bertz CT molecular complexity index is 1670. The first-order valence-corrected chi connectivity index (χ1v) is 16.5. The van der Waals surface area contributed by atoms with Crippen molar-refractivity contribution in [1.29, 1.82) is 0 Å². The fourth-order valence-electron chi connectivity index (χ4n) is 5.00. The monoisotopic (exact) mass is 882 g/mol. The predicted molar refractivity (Wildman–Crippen MR) is 195 cm³/mol. The summed E-state index contributed by atoms with van der Waals surface area (Å²) in [6, 6.07) is 29.3. The second-order valence-corrected chi connectivity index (χ2v) is 11.4. The Kier molecular flexibility index (Phi) is 24.6. The Labute approximate surface area is 350 Å². The topological polar surface area (TPSA) is 303 Å². The summed E-state index contributed by atoms with van der Waals surface area (Å²) >= 11 is 0. The average Bonchev–Trinajstić information content (AvgIpc) is 3.09. The summed E-state index contributed by atoms with van der Waals surface area (Å²) < 4.78 is 0. The van der Waals surface area contributed by atoms with E-state index in [4.69, 9.17) is 5.11 Å². The van der Waals surface area contributed by atoms with Gasteiger partial charge in [-0.25, -0.2) is 9.97 Å². The maximum Gasteiger partial charge on any atom is 2.00 e. The van der Waals surface area contributed by atoms with Gasteiger partial charge in [0.25, 0.3) is 0 Å². The van der Waals surface area contributed by atoms with Gasteiger partial charge < -0.3 is 46.7 Å². The number of rotatable bonds is 12. The first-order valence-electron chi connectivity index (χ1n) is 16.5. The Morgan fingerprint density at radius 2 is 0.596 bits per heavy atom. The Hall–Kier alpha value is -5.46. The molecule has 6 aromatic rings. The second kappa shape index (κ2) is 27.2. The zero-order valence-electron chi connectivity index (χ0n) is 30.7. The average molecular weight is 884 g/mol. The Morgan fingerprint density at radius 1 is 0.404 bits per heavy atom. The maximum atomic E-state index is 11.4. The minimum atomic E-state index is -0.299. The van der Waals surface area contributed by atoms with E-state index in [1.54, 1.807) is 79.7 Å². The van der Waals surface area contributed by atoms with Crippen molar-refractivity contribution in [2.45, 2.75) is 46.2 Å². The molecule has 17 nitrogen and oxygen atoms in total. The molecule has 0 saturated carbocycles. The molecule has 0 bridgehead atoms. The molecule has 0 spiro atoms. The molecule has 0 aliphatic rings. The van der Waals surface area contributed by atoms with E-state index in [1.165, 1.54) is 36.4 Å². The fraction of sp³-hybridized carbons (Fsp3) is 0.211. The Balaban J connectivity index is 0.000000966. The minimum absolute atomic E-state index is 0. The molecule has 0 unspecified atom stereocenters. The van der Waals surface area contributed by atoms with Crippen LogP contribution in [0.25, 0.3) is 0 Å². The number of aliphatic hydroxyl groups is 1. The molecule has 2 radical (unpaired) electrons. The standard InChI is InChI=1S/2C18H18N4O3.C2H6O.2Cu.2H2O/c2*23-16-7-1-4-13(19-16)10-22(11-14-5-2-8-17(24)20-14)12-15-6-3-9-18(25)21-15;1-2-3;;;;/h2*1-9H,10-12H2,(H,19,23)(H,20,24)(H,21,25);3H,2H2,1H3;;;2*1H2/q;;;2*+2;;/p-2. The van der Waals surface area contributed by atoms with Crippen LogP contribution in [-0.4, -0.2) is 61.6 Å². The van der Waals surface area contributed by atoms with E-state index in [2.05, 4.69) is 29.9 Å². The Morgan fingerprint density at radius 3 is 0.789 bits per heavy atom. The molecule has 6 aromatic heterocycles. The van der Waals surface area contributed by atoms with Crippen LogP contribution < -0.4 is 20.4 Å². The summed E-state index contributed by atoms with van der Waals surface area (Å²) in [5, 5.41) is 72.4. The van der Waals surface area contributed by atoms with E-state index >= 15 is 0 Å². The number of aromatic hydroxyl groups is 2. The predicted octanol–water partition coefficient (Wildman–Crippen LogP) is 0.00340. The third-order valence-corrected chi connectivity index (χ3v) is 7.02. The van der Waals surface area contributed by atoms with Crippen LogP contribution >= 0.6 is 0 Å². The molecule has 0 saturated heterocycles. The van der Waals surface area contributed by atoms with Gasteiger partial charge in [0.2, 0.25) is 11.8 Å². The molecule has 0 aromatic carbocycles. The number of hydrogen-bond donors (Lipinski definition) is 3. The van der Waals surface area contributed by atoms with Crippen molar-refractivity contribution in [3.8, 4) is 35.3 Å². The van der Waals surface area contributed by atoms with Crippen LogP contribution in [0.1, 0.15) is 41.1 Å². The van der Waals surface area contributed by atoms with Gasteiger partial charge in [-0.1, -0.05) is 60.7 Å². The van der Waals surface area contributed by atoms with Gasteiger partial charge in [0.15, 0.2) is 0 Å². The molecule has 310 valence electrons. The van der Waals surface area contributed by atoms with Gasteiger partial charge in [-0.05, 0) is 66.8 Å². The fourth-order valence-corrected chi connectivity index (χ4v) is 5.00. The van der Waals surface area contributed by atoms with Crippen molar-refractivity contribution in [2.24, 2.45) is 0 Å². The third-order valence-electron chi connectivity index (χ3n) is 7.02. The van der Waals surface area contributed by atoms with Gasteiger partial charge in [-0.2, -0.15) is 0 Å². The minimum Gasteiger partial charge on any atom is -0.859 e. The molecule has 9 N–H and O–H groups in total. The zero-order valence-corrected chi connectivity index (χ0v) is 32.5. The first kappa shape index (κ1) is 51.5. The maximum absolute atomic E-state index is 11.4. The zero-order chi connectivity index (χ0) is 38.0. The van der Waals surface area contributed by atoms with E-state index in [0.717, 1.165) is 0 Å². The van der Waals surface area contributed by atoms with E-state index < -0.39 is 0 Å². The van der Waals surface area contributed by atoms with Gasteiger partial charge in [0.05, 0.1) is 34.2 Å². The van der Waals surface area contributed by atoms with Crippen molar-refractivity contribution in [1.82, 2.24) is 39.7 Å². The summed E-state index contributed by atoms with van der Waals surface area (Å²) in [6.07, 6.45) is 0. The number of nitrogens with zero attached hydrogens (tertiary/aromatic N) is 8. The van der Waals surface area contributed by atoms with Crippen LogP contribution in [-0.2, 0) is 84.4 Å². The van der Waals surface area contributed by atoms with Gasteiger partial charge in [0.1, 0.15) is 0 Å². The van der Waals surface area contributed by atoms with Gasteiger partial charge in [-0.3, -0.25) is 29.7 Å². The van der Waals surface area contributed by atoms with Gasteiger partial charge in [0, 0.05) is 58.0 Å². The summed E-state index contributed by atoms with van der Waals surface area (Å²) in [5.74, 6) is -1.31. The number of aromatic nitrogens is 6. The third kappa shape index (κ3) is 19.3. The number of aliphatic hydroxyl groups excluding tert-OH is 1. The molecule has 0 atom stereocenters. The molecular weight excluding hydrogens is 840 g/mol. The molecule has 0 fully saturated rings. The van der Waals surface area contributed by atoms with E-state index in [1.807, 2.05) is 9.80 Å². The summed E-state index contributed by atoms with van der Waals surface area (Å²) in [7, 11) is 0. The van der Waals surface area contributed by atoms with Crippen LogP contribution in [0, 0.1) is 0 Å². The van der Waals surface area contributed by atoms with Crippen LogP contribution in [0.3, 0.4) is 0 Å². The van der Waals surface area contributed by atoms with Crippen LogP contribution in [0.2, 0.25) is 0 Å². The van der Waals surface area contributed by atoms with Crippen LogP contribution in [0.4, 0.5) is 0 Å². The molecule has 0 amide bonds. The number of hydrogen-bond acceptors (Lipinski definition) is 15. The van der Waals surface area contributed by atoms with Gasteiger partial charge in [-0.15, -0.1) is 0 Å². The smallest absolute Gasteiger partial charge is 0.859 e. The van der Waals surface area contributed by atoms with Crippen LogP contribution in [0.5, 0.6) is 35.3 Å². The molecule has 0 aliphatic carbocycles. The molecule has 57 heavy (non-hydrogen) atoms. The molecule has 19 heteroatoms. The van der Waals surface area contributed by atoms with Crippen molar-refractivity contribution in [2.75, 3.05) is 6.61 Å². The van der Waals surface area contributed by atoms with Crippen molar-refractivity contribution in [3.63, 3.8) is 0 Å².